The van der Waals surface area contributed by atoms with Crippen LogP contribution in [-0.2, 0) is 0 Å². The molecule has 0 bridgehead atoms. The van der Waals surface area contributed by atoms with Gasteiger partial charge in [0, 0.05) is 10.9 Å². The molecule has 0 aliphatic carbocycles. The fourth-order valence-corrected chi connectivity index (χ4v) is 6.57. The number of carbonyl (C=O) groups excluding carboxylic acids is 1. The third kappa shape index (κ3) is 5.57. The molecule has 0 fully saturated rings. The highest BCUT2D eigenvalue weighted by Gasteiger charge is 2.20. The lowest BCUT2D eigenvalue weighted by molar-refractivity contribution is 0.100. The van der Waals surface area contributed by atoms with E-state index in [1.165, 1.54) is 15.9 Å². The van der Waals surface area contributed by atoms with Crippen molar-refractivity contribution in [1.82, 2.24) is 0 Å². The van der Waals surface area contributed by atoms with Gasteiger partial charge in [-0.25, -0.2) is 0 Å². The van der Waals surface area contributed by atoms with Crippen LogP contribution in [0.4, 0.5) is 5.69 Å². The first-order chi connectivity index (χ1) is 17.8. The quantitative estimate of drug-likeness (QED) is 0.135. The summed E-state index contributed by atoms with van der Waals surface area (Å²) in [4.78, 5) is 18.4. The first-order valence-electron chi connectivity index (χ1n) is 12.0. The van der Waals surface area contributed by atoms with Gasteiger partial charge in [-0.15, -0.1) is 0 Å². The highest BCUT2D eigenvalue weighted by molar-refractivity contribution is 7.80. The number of rotatable bonds is 8. The molecule has 36 heavy (non-hydrogen) atoms. The van der Waals surface area contributed by atoms with E-state index in [2.05, 4.69) is 78.9 Å². The van der Waals surface area contributed by atoms with Crippen molar-refractivity contribution in [3.05, 3.63) is 157 Å². The molecule has 0 unspecified atom stereocenters. The topological polar surface area (TPSA) is 29.4 Å². The lowest BCUT2D eigenvalue weighted by Gasteiger charge is -2.21. The minimum absolute atomic E-state index is 0.0593. The standard InChI is InChI=1S/C33H26NOP/c35-32(27-17-7-2-8-18-27)25-31(26-15-5-1-6-16-26)34-30-23-13-14-24-33(30)36(28-19-9-3-10-20-28)29-21-11-4-12-22-29/h1-24H,25H2. The van der Waals surface area contributed by atoms with Gasteiger partial charge in [0.15, 0.2) is 5.78 Å². The zero-order chi connectivity index (χ0) is 24.6. The number of aliphatic imine (C=N–C) groups is 1. The molecule has 0 aromatic heterocycles. The molecule has 0 amide bonds. The van der Waals surface area contributed by atoms with Crippen LogP contribution in [-0.4, -0.2) is 11.5 Å². The Morgan fingerprint density at radius 3 is 1.53 bits per heavy atom. The minimum atomic E-state index is -0.822. The van der Waals surface area contributed by atoms with Crippen LogP contribution in [0, 0.1) is 0 Å². The first-order valence-corrected chi connectivity index (χ1v) is 13.3. The van der Waals surface area contributed by atoms with E-state index in [0.717, 1.165) is 17.0 Å². The molecule has 2 nitrogen and oxygen atoms in total. The Kier molecular flexibility index (Phi) is 7.56. The molecule has 0 aliphatic rings. The van der Waals surface area contributed by atoms with E-state index < -0.39 is 7.92 Å². The maximum absolute atomic E-state index is 13.2. The highest BCUT2D eigenvalue weighted by atomic mass is 31.1. The lowest BCUT2D eigenvalue weighted by atomic mass is 10.0. The largest absolute Gasteiger partial charge is 0.294 e. The van der Waals surface area contributed by atoms with Gasteiger partial charge in [-0.2, -0.15) is 0 Å². The van der Waals surface area contributed by atoms with Crippen molar-refractivity contribution in [2.45, 2.75) is 6.42 Å². The van der Waals surface area contributed by atoms with Gasteiger partial charge in [0.05, 0.1) is 17.8 Å². The van der Waals surface area contributed by atoms with Crippen molar-refractivity contribution in [3.8, 4) is 0 Å². The van der Waals surface area contributed by atoms with Crippen molar-refractivity contribution in [2.24, 2.45) is 4.99 Å². The van der Waals surface area contributed by atoms with Gasteiger partial charge < -0.3 is 0 Å². The van der Waals surface area contributed by atoms with E-state index in [-0.39, 0.29) is 12.2 Å². The van der Waals surface area contributed by atoms with Gasteiger partial charge in [-0.3, -0.25) is 9.79 Å². The van der Waals surface area contributed by atoms with Gasteiger partial charge in [0.25, 0.3) is 0 Å². The van der Waals surface area contributed by atoms with Crippen LogP contribution in [0.1, 0.15) is 22.3 Å². The predicted octanol–water partition coefficient (Wildman–Crippen LogP) is 6.84. The summed E-state index contributed by atoms with van der Waals surface area (Å²) in [5.41, 5.74) is 3.33. The maximum Gasteiger partial charge on any atom is 0.168 e. The van der Waals surface area contributed by atoms with Gasteiger partial charge in [0.2, 0.25) is 0 Å². The molecule has 3 heteroatoms. The third-order valence-corrected chi connectivity index (χ3v) is 8.43. The Hall–Kier alpha value is -4.13. The molecule has 5 aromatic carbocycles. The summed E-state index contributed by atoms with van der Waals surface area (Å²) in [5, 5.41) is 3.71. The summed E-state index contributed by atoms with van der Waals surface area (Å²) < 4.78 is 0. The van der Waals surface area contributed by atoms with E-state index in [1.54, 1.807) is 0 Å². The number of hydrogen-bond acceptors (Lipinski definition) is 2. The van der Waals surface area contributed by atoms with Crippen molar-refractivity contribution in [1.29, 1.82) is 0 Å². The van der Waals surface area contributed by atoms with Crippen molar-refractivity contribution in [2.75, 3.05) is 0 Å². The van der Waals surface area contributed by atoms with E-state index in [4.69, 9.17) is 4.99 Å². The zero-order valence-corrected chi connectivity index (χ0v) is 20.8. The van der Waals surface area contributed by atoms with Crippen LogP contribution in [0.3, 0.4) is 0 Å². The second-order valence-corrected chi connectivity index (χ2v) is 10.6. The first kappa shape index (κ1) is 23.6. The molecule has 5 aromatic rings. The van der Waals surface area contributed by atoms with E-state index in [0.29, 0.717) is 5.56 Å². The second-order valence-electron chi connectivity index (χ2n) is 8.39. The van der Waals surface area contributed by atoms with E-state index >= 15 is 0 Å². The van der Waals surface area contributed by atoms with Crippen LogP contribution in [0.15, 0.2) is 151 Å². The Labute approximate surface area is 213 Å². The van der Waals surface area contributed by atoms with Gasteiger partial charge in [0.1, 0.15) is 0 Å². The van der Waals surface area contributed by atoms with Crippen LogP contribution >= 0.6 is 7.92 Å². The van der Waals surface area contributed by atoms with E-state index in [9.17, 15) is 4.79 Å². The summed E-state index contributed by atoms with van der Waals surface area (Å²) in [7, 11) is -0.822. The highest BCUT2D eigenvalue weighted by Crippen LogP contribution is 2.36. The molecular weight excluding hydrogens is 457 g/mol. The molecule has 0 saturated carbocycles. The second kappa shape index (κ2) is 11.5. The molecule has 0 saturated heterocycles. The summed E-state index contributed by atoms with van der Waals surface area (Å²) in [6, 6.07) is 49.0. The molecule has 0 aliphatic heterocycles. The molecule has 174 valence electrons. The smallest absolute Gasteiger partial charge is 0.168 e. The van der Waals surface area contributed by atoms with Crippen LogP contribution in [0.5, 0.6) is 0 Å². The average Bonchev–Trinajstić information content (AvgIpc) is 2.96. The van der Waals surface area contributed by atoms with Crippen LogP contribution < -0.4 is 15.9 Å². The molecule has 0 heterocycles. The predicted molar refractivity (Wildman–Crippen MR) is 153 cm³/mol. The third-order valence-electron chi connectivity index (χ3n) is 5.94. The number of carbonyl (C=O) groups is 1. The Bertz CT molecular complexity index is 1410. The van der Waals surface area contributed by atoms with Gasteiger partial charge >= 0.3 is 0 Å². The molecule has 5 rings (SSSR count). The molecular formula is C33H26NOP. The SMILES string of the molecule is O=C(CC(=Nc1ccccc1P(c1ccccc1)c1ccccc1)c1ccccc1)c1ccccc1. The Balaban J connectivity index is 1.63. The zero-order valence-electron chi connectivity index (χ0n) is 19.9. The number of ketones is 1. The van der Waals surface area contributed by atoms with Crippen LogP contribution in [0.2, 0.25) is 0 Å². The molecule has 0 radical (unpaired) electrons. The lowest BCUT2D eigenvalue weighted by Crippen LogP contribution is -2.21. The Morgan fingerprint density at radius 2 is 0.972 bits per heavy atom. The summed E-state index contributed by atoms with van der Waals surface area (Å²) in [5.74, 6) is 0.0593. The van der Waals surface area contributed by atoms with Gasteiger partial charge in [-0.1, -0.05) is 140 Å². The summed E-state index contributed by atoms with van der Waals surface area (Å²) in [6.07, 6.45) is 0.233. The monoisotopic (exact) mass is 483 g/mol. The number of nitrogens with zero attached hydrogens (tertiary/aromatic N) is 1. The summed E-state index contributed by atoms with van der Waals surface area (Å²) >= 11 is 0. The number of benzene rings is 5. The number of Topliss-reactive ketones (excluding diaryl/α,β-unsaturated/α-hetero) is 1. The molecule has 0 atom stereocenters. The average molecular weight is 484 g/mol. The Morgan fingerprint density at radius 1 is 0.528 bits per heavy atom. The van der Waals surface area contributed by atoms with Crippen molar-refractivity contribution in [3.63, 3.8) is 0 Å². The fraction of sp³-hybridized carbons (Fsp3) is 0.0303. The minimum Gasteiger partial charge on any atom is -0.294 e. The maximum atomic E-state index is 13.2. The fourth-order valence-electron chi connectivity index (χ4n) is 4.19. The number of para-hydroxylation sites is 1. The molecule has 0 N–H and O–H groups in total. The summed E-state index contributed by atoms with van der Waals surface area (Å²) in [6.45, 7) is 0. The van der Waals surface area contributed by atoms with Crippen LogP contribution in [0.25, 0.3) is 0 Å². The normalized spacial score (nSPS) is 11.4. The van der Waals surface area contributed by atoms with Gasteiger partial charge in [-0.05, 0) is 30.2 Å². The van der Waals surface area contributed by atoms with E-state index in [1.807, 2.05) is 66.7 Å². The molecule has 0 spiro atoms. The van der Waals surface area contributed by atoms with Crippen molar-refractivity contribution >= 4 is 41.0 Å². The number of hydrogen-bond donors (Lipinski definition) is 0. The van der Waals surface area contributed by atoms with Crippen molar-refractivity contribution < 1.29 is 4.79 Å².